The van der Waals surface area contributed by atoms with Crippen molar-refractivity contribution in [1.29, 1.82) is 0 Å². The summed E-state index contributed by atoms with van der Waals surface area (Å²) in [6.45, 7) is -0.849. The van der Waals surface area contributed by atoms with Crippen molar-refractivity contribution in [1.82, 2.24) is 0 Å². The standard InChI is InChI=1S/C8H5ClN2O7/c9-5-1-4(10(14)15)2-6(11(16)17)8(5)18-3-7(12)13/h1-2H,3H2,(H,12,13). The van der Waals surface area contributed by atoms with Gasteiger partial charge in [-0.15, -0.1) is 0 Å². The summed E-state index contributed by atoms with van der Waals surface area (Å²) in [5, 5.41) is 29.2. The first-order valence-corrected chi connectivity index (χ1v) is 4.67. The van der Waals surface area contributed by atoms with Gasteiger partial charge in [-0.3, -0.25) is 20.2 Å². The van der Waals surface area contributed by atoms with Gasteiger partial charge in [-0.1, -0.05) is 11.6 Å². The molecule has 0 aromatic heterocycles. The summed E-state index contributed by atoms with van der Waals surface area (Å²) in [4.78, 5) is 29.7. The average molecular weight is 277 g/mol. The quantitative estimate of drug-likeness (QED) is 0.638. The molecular weight excluding hydrogens is 272 g/mol. The third kappa shape index (κ3) is 3.04. The second-order valence-electron chi connectivity index (χ2n) is 2.97. The highest BCUT2D eigenvalue weighted by atomic mass is 35.5. The smallest absolute Gasteiger partial charge is 0.341 e. The van der Waals surface area contributed by atoms with E-state index in [4.69, 9.17) is 16.7 Å². The number of rotatable bonds is 5. The normalized spacial score (nSPS) is 9.83. The number of nitro groups is 2. The van der Waals surface area contributed by atoms with Gasteiger partial charge in [0.1, 0.15) is 0 Å². The van der Waals surface area contributed by atoms with Crippen LogP contribution in [0, 0.1) is 20.2 Å². The lowest BCUT2D eigenvalue weighted by Gasteiger charge is -2.06. The van der Waals surface area contributed by atoms with E-state index in [9.17, 15) is 25.0 Å². The molecule has 0 spiro atoms. The molecular formula is C8H5ClN2O7. The molecule has 0 heterocycles. The molecule has 96 valence electrons. The van der Waals surface area contributed by atoms with Crippen LogP contribution in [-0.4, -0.2) is 27.5 Å². The highest BCUT2D eigenvalue weighted by Gasteiger charge is 2.25. The number of non-ortho nitro benzene ring substituents is 1. The summed E-state index contributed by atoms with van der Waals surface area (Å²) >= 11 is 5.58. The van der Waals surface area contributed by atoms with Crippen LogP contribution < -0.4 is 4.74 Å². The number of carboxylic acids is 1. The Labute approximate surface area is 104 Å². The van der Waals surface area contributed by atoms with E-state index in [0.717, 1.165) is 6.07 Å². The molecule has 0 saturated carbocycles. The summed E-state index contributed by atoms with van der Waals surface area (Å²) in [6.07, 6.45) is 0. The van der Waals surface area contributed by atoms with Crippen LogP contribution in [0.25, 0.3) is 0 Å². The van der Waals surface area contributed by atoms with E-state index >= 15 is 0 Å². The van der Waals surface area contributed by atoms with E-state index in [-0.39, 0.29) is 0 Å². The molecule has 0 unspecified atom stereocenters. The van der Waals surface area contributed by atoms with E-state index in [1.165, 1.54) is 0 Å². The summed E-state index contributed by atoms with van der Waals surface area (Å²) in [5.41, 5.74) is -1.36. The zero-order valence-corrected chi connectivity index (χ0v) is 9.29. The van der Waals surface area contributed by atoms with Gasteiger partial charge >= 0.3 is 11.7 Å². The summed E-state index contributed by atoms with van der Waals surface area (Å²) in [6, 6.07) is 1.48. The fourth-order valence-corrected chi connectivity index (χ4v) is 1.35. The molecule has 0 fully saturated rings. The zero-order valence-electron chi connectivity index (χ0n) is 8.53. The predicted octanol–water partition coefficient (Wildman–Crippen LogP) is 1.62. The fraction of sp³-hybridized carbons (Fsp3) is 0.125. The summed E-state index contributed by atoms with van der Waals surface area (Å²) in [5.74, 6) is -1.88. The van der Waals surface area contributed by atoms with Crippen LogP contribution in [0.3, 0.4) is 0 Å². The van der Waals surface area contributed by atoms with Crippen molar-refractivity contribution >= 4 is 28.9 Å². The second-order valence-corrected chi connectivity index (χ2v) is 3.38. The van der Waals surface area contributed by atoms with Crippen LogP contribution in [0.1, 0.15) is 0 Å². The van der Waals surface area contributed by atoms with Crippen LogP contribution in [0.5, 0.6) is 5.75 Å². The number of nitrogens with zero attached hydrogens (tertiary/aromatic N) is 2. The van der Waals surface area contributed by atoms with Gasteiger partial charge in [0.05, 0.1) is 20.9 Å². The Bertz CT molecular complexity index is 530. The van der Waals surface area contributed by atoms with Gasteiger partial charge < -0.3 is 9.84 Å². The topological polar surface area (TPSA) is 133 Å². The number of carboxylic acid groups (broad SMARTS) is 1. The van der Waals surface area contributed by atoms with Crippen molar-refractivity contribution in [3.63, 3.8) is 0 Å². The molecule has 0 aliphatic heterocycles. The molecule has 0 aliphatic rings. The van der Waals surface area contributed by atoms with Crippen molar-refractivity contribution < 1.29 is 24.5 Å². The Hall–Kier alpha value is -2.42. The number of aliphatic carboxylic acids is 1. The van der Waals surface area contributed by atoms with Crippen LogP contribution in [0.15, 0.2) is 12.1 Å². The highest BCUT2D eigenvalue weighted by molar-refractivity contribution is 6.32. The molecule has 0 aliphatic carbocycles. The summed E-state index contributed by atoms with van der Waals surface area (Å²) in [7, 11) is 0. The first-order chi connectivity index (χ1) is 8.32. The molecule has 1 aromatic carbocycles. The average Bonchev–Trinajstić information content (AvgIpc) is 2.25. The third-order valence-electron chi connectivity index (χ3n) is 1.76. The van der Waals surface area contributed by atoms with E-state index in [0.29, 0.717) is 6.07 Å². The Morgan fingerprint density at radius 3 is 2.39 bits per heavy atom. The number of halogens is 1. The predicted molar refractivity (Wildman–Crippen MR) is 57.9 cm³/mol. The lowest BCUT2D eigenvalue weighted by atomic mass is 10.2. The Balaban J connectivity index is 3.27. The highest BCUT2D eigenvalue weighted by Crippen LogP contribution is 2.38. The molecule has 0 saturated heterocycles. The van der Waals surface area contributed by atoms with Gasteiger partial charge in [0.25, 0.3) is 5.69 Å². The first kappa shape index (κ1) is 13.6. The van der Waals surface area contributed by atoms with Gasteiger partial charge in [0.15, 0.2) is 6.61 Å². The van der Waals surface area contributed by atoms with Crippen LogP contribution >= 0.6 is 11.6 Å². The molecule has 0 atom stereocenters. The van der Waals surface area contributed by atoms with Crippen molar-refractivity contribution in [3.05, 3.63) is 37.4 Å². The molecule has 1 N–H and O–H groups in total. The molecule has 1 rings (SSSR count). The van der Waals surface area contributed by atoms with Gasteiger partial charge in [-0.25, -0.2) is 4.79 Å². The van der Waals surface area contributed by atoms with E-state index in [1.54, 1.807) is 0 Å². The molecule has 0 radical (unpaired) electrons. The molecule has 0 bridgehead atoms. The molecule has 1 aromatic rings. The maximum Gasteiger partial charge on any atom is 0.341 e. The van der Waals surface area contributed by atoms with Crippen LogP contribution in [0.4, 0.5) is 11.4 Å². The monoisotopic (exact) mass is 276 g/mol. The fourth-order valence-electron chi connectivity index (χ4n) is 1.08. The van der Waals surface area contributed by atoms with E-state index < -0.39 is 44.6 Å². The maximum atomic E-state index is 10.7. The Kier molecular flexibility index (Phi) is 4.00. The van der Waals surface area contributed by atoms with Gasteiger partial charge in [-0.2, -0.15) is 0 Å². The van der Waals surface area contributed by atoms with Crippen molar-refractivity contribution in [2.45, 2.75) is 0 Å². The lowest BCUT2D eigenvalue weighted by molar-refractivity contribution is -0.394. The minimum absolute atomic E-state index is 0.405. The molecule has 0 amide bonds. The third-order valence-corrected chi connectivity index (χ3v) is 2.04. The summed E-state index contributed by atoms with van der Waals surface area (Å²) < 4.78 is 4.63. The van der Waals surface area contributed by atoms with Gasteiger partial charge in [-0.05, 0) is 0 Å². The number of hydrogen-bond donors (Lipinski definition) is 1. The second kappa shape index (κ2) is 5.27. The van der Waals surface area contributed by atoms with E-state index in [2.05, 4.69) is 4.74 Å². The number of nitro benzene ring substituents is 2. The Morgan fingerprint density at radius 2 is 1.94 bits per heavy atom. The number of carbonyl (C=O) groups is 1. The van der Waals surface area contributed by atoms with Gasteiger partial charge in [0.2, 0.25) is 5.75 Å². The minimum Gasteiger partial charge on any atom is -0.479 e. The number of ether oxygens (including phenoxy) is 1. The zero-order chi connectivity index (χ0) is 13.9. The molecule has 18 heavy (non-hydrogen) atoms. The lowest BCUT2D eigenvalue weighted by Crippen LogP contribution is -2.11. The first-order valence-electron chi connectivity index (χ1n) is 4.30. The van der Waals surface area contributed by atoms with Gasteiger partial charge in [0, 0.05) is 6.07 Å². The number of hydrogen-bond acceptors (Lipinski definition) is 6. The maximum absolute atomic E-state index is 10.7. The SMILES string of the molecule is O=C(O)COc1c(Cl)cc([N+](=O)[O-])cc1[N+](=O)[O-]. The van der Waals surface area contributed by atoms with Crippen molar-refractivity contribution in [2.24, 2.45) is 0 Å². The largest absolute Gasteiger partial charge is 0.479 e. The Morgan fingerprint density at radius 1 is 1.33 bits per heavy atom. The molecule has 9 nitrogen and oxygen atoms in total. The van der Waals surface area contributed by atoms with Crippen LogP contribution in [0.2, 0.25) is 5.02 Å². The van der Waals surface area contributed by atoms with Crippen LogP contribution in [-0.2, 0) is 4.79 Å². The number of benzene rings is 1. The minimum atomic E-state index is -1.36. The van der Waals surface area contributed by atoms with Crippen molar-refractivity contribution in [2.75, 3.05) is 6.61 Å². The van der Waals surface area contributed by atoms with Crippen molar-refractivity contribution in [3.8, 4) is 5.75 Å². The molecule has 10 heteroatoms. The van der Waals surface area contributed by atoms with E-state index in [1.807, 2.05) is 0 Å².